The molecule has 1 heterocycles. The number of rotatable bonds is 8. The Labute approximate surface area is 150 Å². The lowest BCUT2D eigenvalue weighted by atomic mass is 10.1. The number of benzene rings is 1. The molecule has 1 saturated heterocycles. The van der Waals surface area contributed by atoms with Crippen molar-refractivity contribution in [2.45, 2.75) is 25.7 Å². The van der Waals surface area contributed by atoms with Crippen molar-refractivity contribution in [3.8, 4) is 5.75 Å². The predicted molar refractivity (Wildman–Crippen MR) is 99.0 cm³/mol. The van der Waals surface area contributed by atoms with E-state index in [1.807, 2.05) is 24.3 Å². The van der Waals surface area contributed by atoms with Crippen LogP contribution >= 0.6 is 24.0 Å². The van der Waals surface area contributed by atoms with Crippen LogP contribution in [0.4, 0.5) is 0 Å². The molecule has 1 amide bonds. The van der Waals surface area contributed by atoms with Crippen LogP contribution in [0.1, 0.15) is 31.2 Å². The van der Waals surface area contributed by atoms with Crippen LogP contribution in [-0.2, 0) is 9.59 Å². The maximum atomic E-state index is 12.5. The number of hydrogen-bond donors (Lipinski definition) is 1. The summed E-state index contributed by atoms with van der Waals surface area (Å²) in [7, 11) is 1.59. The number of aliphatic carboxylic acids is 1. The minimum Gasteiger partial charge on any atom is -0.496 e. The molecular formula is C17H19NO4S2. The van der Waals surface area contributed by atoms with Crippen molar-refractivity contribution in [1.29, 1.82) is 0 Å². The molecular weight excluding hydrogens is 346 g/mol. The van der Waals surface area contributed by atoms with E-state index in [2.05, 4.69) is 0 Å². The molecule has 0 spiro atoms. The summed E-state index contributed by atoms with van der Waals surface area (Å²) in [6, 6.07) is 7.49. The number of hydrogen-bond acceptors (Lipinski definition) is 5. The number of carboxylic acid groups (broad SMARTS) is 1. The highest BCUT2D eigenvalue weighted by Gasteiger charge is 2.31. The van der Waals surface area contributed by atoms with Crippen molar-refractivity contribution in [3.05, 3.63) is 34.7 Å². The van der Waals surface area contributed by atoms with Crippen LogP contribution in [-0.4, -0.2) is 39.9 Å². The molecule has 0 radical (unpaired) electrons. The van der Waals surface area contributed by atoms with Gasteiger partial charge in [-0.2, -0.15) is 0 Å². The van der Waals surface area contributed by atoms with Gasteiger partial charge in [-0.1, -0.05) is 48.6 Å². The highest BCUT2D eigenvalue weighted by molar-refractivity contribution is 8.26. The first-order valence-corrected chi connectivity index (χ1v) is 8.85. The number of unbranched alkanes of at least 4 members (excludes halogenated alkanes) is 2. The van der Waals surface area contributed by atoms with Crippen LogP contribution < -0.4 is 4.74 Å². The number of thioether (sulfide) groups is 1. The molecule has 1 aliphatic heterocycles. The minimum absolute atomic E-state index is 0.103. The molecule has 24 heavy (non-hydrogen) atoms. The fraction of sp³-hybridized carbons (Fsp3) is 0.353. The number of carbonyl (C=O) groups excluding carboxylic acids is 1. The Balaban J connectivity index is 1.98. The van der Waals surface area contributed by atoms with Gasteiger partial charge >= 0.3 is 5.97 Å². The lowest BCUT2D eigenvalue weighted by Crippen LogP contribution is -2.29. The first kappa shape index (κ1) is 18.5. The second kappa shape index (κ2) is 8.84. The second-order valence-corrected chi connectivity index (χ2v) is 6.96. The van der Waals surface area contributed by atoms with Crippen LogP contribution in [0.15, 0.2) is 29.2 Å². The van der Waals surface area contributed by atoms with E-state index in [1.54, 1.807) is 18.1 Å². The quantitative estimate of drug-likeness (QED) is 0.432. The fourth-order valence-corrected chi connectivity index (χ4v) is 3.64. The third-order valence-electron chi connectivity index (χ3n) is 3.57. The third kappa shape index (κ3) is 4.82. The summed E-state index contributed by atoms with van der Waals surface area (Å²) in [5.74, 6) is -0.189. The van der Waals surface area contributed by atoms with Gasteiger partial charge in [0.15, 0.2) is 0 Å². The Bertz CT molecular complexity index is 672. The van der Waals surface area contributed by atoms with Crippen molar-refractivity contribution >= 4 is 46.3 Å². The van der Waals surface area contributed by atoms with Gasteiger partial charge in [-0.25, -0.2) is 0 Å². The molecule has 7 heteroatoms. The van der Waals surface area contributed by atoms with Crippen LogP contribution in [0.3, 0.4) is 0 Å². The zero-order valence-corrected chi connectivity index (χ0v) is 15.0. The molecule has 2 rings (SSSR count). The Morgan fingerprint density at radius 1 is 1.33 bits per heavy atom. The first-order chi connectivity index (χ1) is 11.5. The Morgan fingerprint density at radius 3 is 2.79 bits per heavy atom. The van der Waals surface area contributed by atoms with E-state index in [0.29, 0.717) is 27.9 Å². The molecule has 0 unspecified atom stereocenters. The fourth-order valence-electron chi connectivity index (χ4n) is 2.34. The summed E-state index contributed by atoms with van der Waals surface area (Å²) < 4.78 is 5.84. The van der Waals surface area contributed by atoms with Crippen molar-refractivity contribution < 1.29 is 19.4 Å². The van der Waals surface area contributed by atoms with E-state index in [4.69, 9.17) is 22.1 Å². The van der Waals surface area contributed by atoms with Crippen molar-refractivity contribution in [1.82, 2.24) is 4.90 Å². The van der Waals surface area contributed by atoms with E-state index in [-0.39, 0.29) is 12.3 Å². The van der Waals surface area contributed by atoms with Gasteiger partial charge in [-0.15, -0.1) is 0 Å². The average Bonchev–Trinajstić information content (AvgIpc) is 2.82. The van der Waals surface area contributed by atoms with Crippen LogP contribution in [0, 0.1) is 0 Å². The zero-order chi connectivity index (χ0) is 17.5. The molecule has 0 aromatic heterocycles. The minimum atomic E-state index is -0.791. The molecule has 1 aliphatic rings. The number of amides is 1. The maximum absolute atomic E-state index is 12.5. The van der Waals surface area contributed by atoms with E-state index in [1.165, 1.54) is 11.8 Å². The Morgan fingerprint density at radius 2 is 2.08 bits per heavy atom. The third-order valence-corrected chi connectivity index (χ3v) is 4.95. The predicted octanol–water partition coefficient (Wildman–Crippen LogP) is 3.54. The van der Waals surface area contributed by atoms with E-state index < -0.39 is 5.97 Å². The molecule has 0 saturated carbocycles. The molecule has 128 valence electrons. The number of nitrogens with zero attached hydrogens (tertiary/aromatic N) is 1. The van der Waals surface area contributed by atoms with Crippen molar-refractivity contribution in [2.75, 3.05) is 13.7 Å². The van der Waals surface area contributed by atoms with Gasteiger partial charge < -0.3 is 9.84 Å². The number of carboxylic acids is 1. The molecule has 1 N–H and O–H groups in total. The molecule has 1 fully saturated rings. The van der Waals surface area contributed by atoms with Crippen LogP contribution in [0.25, 0.3) is 6.08 Å². The van der Waals surface area contributed by atoms with Crippen LogP contribution in [0.2, 0.25) is 0 Å². The van der Waals surface area contributed by atoms with E-state index in [9.17, 15) is 9.59 Å². The van der Waals surface area contributed by atoms with Gasteiger partial charge in [-0.3, -0.25) is 14.5 Å². The lowest BCUT2D eigenvalue weighted by Gasteiger charge is -2.13. The van der Waals surface area contributed by atoms with Gasteiger partial charge in [-0.05, 0) is 25.0 Å². The SMILES string of the molecule is COc1ccccc1/C=C1/SC(=S)N(CCCCCC(=O)O)C1=O. The second-order valence-electron chi connectivity index (χ2n) is 5.28. The van der Waals surface area contributed by atoms with Gasteiger partial charge in [0.05, 0.1) is 12.0 Å². The number of carbonyl (C=O) groups is 2. The average molecular weight is 365 g/mol. The smallest absolute Gasteiger partial charge is 0.303 e. The highest BCUT2D eigenvalue weighted by atomic mass is 32.2. The summed E-state index contributed by atoms with van der Waals surface area (Å²) in [6.07, 6.45) is 4.06. The molecule has 5 nitrogen and oxygen atoms in total. The Hall–Kier alpha value is -1.86. The number of ether oxygens (including phenoxy) is 1. The topological polar surface area (TPSA) is 66.8 Å². The highest BCUT2D eigenvalue weighted by Crippen LogP contribution is 2.34. The first-order valence-electron chi connectivity index (χ1n) is 7.63. The van der Waals surface area contributed by atoms with E-state index in [0.717, 1.165) is 18.4 Å². The normalized spacial score (nSPS) is 16.0. The molecule has 1 aromatic carbocycles. The summed E-state index contributed by atoms with van der Waals surface area (Å²) in [5.41, 5.74) is 0.835. The molecule has 1 aromatic rings. The summed E-state index contributed by atoms with van der Waals surface area (Å²) in [4.78, 5) is 25.2. The van der Waals surface area contributed by atoms with Crippen molar-refractivity contribution in [3.63, 3.8) is 0 Å². The molecule has 0 bridgehead atoms. The summed E-state index contributed by atoms with van der Waals surface area (Å²) in [5, 5.41) is 8.62. The summed E-state index contributed by atoms with van der Waals surface area (Å²) in [6.45, 7) is 0.521. The van der Waals surface area contributed by atoms with E-state index >= 15 is 0 Å². The lowest BCUT2D eigenvalue weighted by molar-refractivity contribution is -0.137. The van der Waals surface area contributed by atoms with Gasteiger partial charge in [0.1, 0.15) is 10.1 Å². The number of para-hydroxylation sites is 1. The van der Waals surface area contributed by atoms with Crippen LogP contribution in [0.5, 0.6) is 5.75 Å². The standard InChI is InChI=1S/C17H19NO4S2/c1-22-13-8-5-4-7-12(13)11-14-16(21)18(17(23)24-14)10-6-2-3-9-15(19)20/h4-5,7-8,11H,2-3,6,9-10H2,1H3,(H,19,20)/b14-11+. The maximum Gasteiger partial charge on any atom is 0.303 e. The van der Waals surface area contributed by atoms with Crippen molar-refractivity contribution in [2.24, 2.45) is 0 Å². The largest absolute Gasteiger partial charge is 0.496 e. The van der Waals surface area contributed by atoms with Gasteiger partial charge in [0.25, 0.3) is 5.91 Å². The van der Waals surface area contributed by atoms with Gasteiger partial charge in [0, 0.05) is 18.5 Å². The molecule has 0 atom stereocenters. The zero-order valence-electron chi connectivity index (χ0n) is 13.4. The monoisotopic (exact) mass is 365 g/mol. The Kier molecular flexibility index (Phi) is 6.81. The number of methoxy groups -OCH3 is 1. The molecule has 0 aliphatic carbocycles. The van der Waals surface area contributed by atoms with Gasteiger partial charge in [0.2, 0.25) is 0 Å². The number of thiocarbonyl (C=S) groups is 1. The summed E-state index contributed by atoms with van der Waals surface area (Å²) >= 11 is 6.58.